The molecule has 0 saturated carbocycles. The molecule has 0 aliphatic carbocycles. The Morgan fingerprint density at radius 3 is 2.46 bits per heavy atom. The Bertz CT molecular complexity index is 1500. The Kier molecular flexibility index (Phi) is 6.64. The minimum absolute atomic E-state index is 0.191. The lowest BCUT2D eigenvalue weighted by Gasteiger charge is -2.17. The second-order valence-corrected chi connectivity index (χ2v) is 10.1. The zero-order valence-corrected chi connectivity index (χ0v) is 20.5. The van der Waals surface area contributed by atoms with Crippen molar-refractivity contribution in [1.29, 1.82) is 0 Å². The third kappa shape index (κ3) is 4.77. The van der Waals surface area contributed by atoms with Crippen molar-refractivity contribution in [2.75, 3.05) is 18.3 Å². The fraction of sp³-hybridized carbons (Fsp3) is 0.250. The van der Waals surface area contributed by atoms with Crippen molar-refractivity contribution in [1.82, 2.24) is 24.2 Å². The number of nitrogens with zero attached hydrogens (tertiary/aromatic N) is 4. The van der Waals surface area contributed by atoms with Crippen LogP contribution in [-0.4, -0.2) is 52.0 Å². The highest BCUT2D eigenvalue weighted by Gasteiger charge is 2.23. The van der Waals surface area contributed by atoms with Gasteiger partial charge >= 0.3 is 10.2 Å². The van der Waals surface area contributed by atoms with Gasteiger partial charge in [0.05, 0.1) is 11.3 Å². The number of fused-ring (bicyclic) bond motifs is 1. The summed E-state index contributed by atoms with van der Waals surface area (Å²) in [5, 5.41) is 0.497. The summed E-state index contributed by atoms with van der Waals surface area (Å²) in [5.41, 5.74) is 1.52. The highest BCUT2D eigenvalue weighted by molar-refractivity contribution is 7.90. The van der Waals surface area contributed by atoms with Crippen molar-refractivity contribution in [2.24, 2.45) is 0 Å². The maximum absolute atomic E-state index is 15.3. The molecule has 9 nitrogen and oxygen atoms in total. The average Bonchev–Trinajstić information content (AvgIpc) is 3.27. The monoisotopic (exact) mass is 496 g/mol. The van der Waals surface area contributed by atoms with Gasteiger partial charge in [0.2, 0.25) is 0 Å². The molecule has 0 radical (unpaired) electrons. The number of hydrogen-bond donors (Lipinski definition) is 2. The Morgan fingerprint density at radius 2 is 1.80 bits per heavy atom. The summed E-state index contributed by atoms with van der Waals surface area (Å²) >= 11 is 0. The smallest absolute Gasteiger partial charge is 0.301 e. The van der Waals surface area contributed by atoms with Crippen molar-refractivity contribution in [3.05, 3.63) is 71.8 Å². The number of benzene rings is 1. The summed E-state index contributed by atoms with van der Waals surface area (Å²) in [5.74, 6) is -0.654. The zero-order chi connectivity index (χ0) is 25.3. The van der Waals surface area contributed by atoms with E-state index in [1.165, 1.54) is 31.4 Å². The van der Waals surface area contributed by atoms with Crippen LogP contribution < -0.4 is 4.72 Å². The summed E-state index contributed by atoms with van der Waals surface area (Å²) in [6, 6.07) is 5.77. The van der Waals surface area contributed by atoms with E-state index < -0.39 is 21.8 Å². The first kappa shape index (κ1) is 24.4. The molecule has 0 spiro atoms. The van der Waals surface area contributed by atoms with Gasteiger partial charge in [0.15, 0.2) is 11.6 Å². The summed E-state index contributed by atoms with van der Waals surface area (Å²) in [4.78, 5) is 29.4. The van der Waals surface area contributed by atoms with Crippen LogP contribution in [0.4, 0.5) is 10.1 Å². The van der Waals surface area contributed by atoms with E-state index in [9.17, 15) is 13.2 Å². The van der Waals surface area contributed by atoms with Crippen LogP contribution in [0.1, 0.15) is 48.4 Å². The maximum atomic E-state index is 15.3. The molecule has 3 aromatic heterocycles. The molecule has 35 heavy (non-hydrogen) atoms. The van der Waals surface area contributed by atoms with Gasteiger partial charge in [-0.1, -0.05) is 26.8 Å². The fourth-order valence-corrected chi connectivity index (χ4v) is 4.38. The number of aromatic nitrogens is 4. The minimum atomic E-state index is -3.96. The van der Waals surface area contributed by atoms with E-state index in [2.05, 4.69) is 24.7 Å². The second kappa shape index (κ2) is 9.51. The van der Waals surface area contributed by atoms with Crippen LogP contribution in [0.25, 0.3) is 22.2 Å². The maximum Gasteiger partial charge on any atom is 0.301 e. The number of hydrogen-bond acceptors (Lipinski definition) is 6. The third-order valence-electron chi connectivity index (χ3n) is 5.64. The number of carbonyl (C=O) groups excluding carboxylic acids is 1. The number of aromatic amines is 1. The van der Waals surface area contributed by atoms with Crippen molar-refractivity contribution in [3.63, 3.8) is 0 Å². The first-order valence-corrected chi connectivity index (χ1v) is 12.4. The van der Waals surface area contributed by atoms with Crippen molar-refractivity contribution < 1.29 is 17.6 Å². The second-order valence-electron chi connectivity index (χ2n) is 8.32. The molecule has 0 fully saturated rings. The van der Waals surface area contributed by atoms with Crippen LogP contribution in [0, 0.1) is 5.82 Å². The molecule has 0 aliphatic rings. The van der Waals surface area contributed by atoms with E-state index >= 15 is 4.39 Å². The highest BCUT2D eigenvalue weighted by atomic mass is 32.2. The van der Waals surface area contributed by atoms with Crippen molar-refractivity contribution >= 4 is 32.7 Å². The minimum Gasteiger partial charge on any atom is -0.345 e. The molecule has 2 N–H and O–H groups in total. The number of pyridine rings is 1. The molecule has 3 heterocycles. The van der Waals surface area contributed by atoms with E-state index in [1.807, 2.05) is 13.8 Å². The molecule has 182 valence electrons. The van der Waals surface area contributed by atoms with Crippen LogP contribution in [0.2, 0.25) is 0 Å². The largest absolute Gasteiger partial charge is 0.345 e. The third-order valence-corrected chi connectivity index (χ3v) is 7.19. The predicted octanol–water partition coefficient (Wildman–Crippen LogP) is 4.12. The van der Waals surface area contributed by atoms with Gasteiger partial charge < -0.3 is 4.98 Å². The van der Waals surface area contributed by atoms with Crippen LogP contribution in [0.5, 0.6) is 0 Å². The topological polar surface area (TPSA) is 121 Å². The molecular formula is C24H25FN6O3S. The summed E-state index contributed by atoms with van der Waals surface area (Å²) in [6.45, 7) is 5.86. The van der Waals surface area contributed by atoms with E-state index in [0.717, 1.165) is 15.7 Å². The number of rotatable bonds is 8. The molecular weight excluding hydrogens is 471 g/mol. The number of nitrogens with one attached hydrogen (secondary N) is 2. The summed E-state index contributed by atoms with van der Waals surface area (Å²) < 4.78 is 43.2. The predicted molar refractivity (Wildman–Crippen MR) is 132 cm³/mol. The van der Waals surface area contributed by atoms with E-state index in [0.29, 0.717) is 16.6 Å². The molecule has 4 rings (SSSR count). The lowest BCUT2D eigenvalue weighted by atomic mass is 10.0. The van der Waals surface area contributed by atoms with Gasteiger partial charge in [0.25, 0.3) is 0 Å². The molecule has 0 bridgehead atoms. The summed E-state index contributed by atoms with van der Waals surface area (Å²) in [7, 11) is -2.59. The van der Waals surface area contributed by atoms with Gasteiger partial charge in [-0.25, -0.2) is 19.3 Å². The highest BCUT2D eigenvalue weighted by Crippen LogP contribution is 2.28. The molecule has 4 aromatic rings. The molecule has 0 saturated heterocycles. The lowest BCUT2D eigenvalue weighted by Crippen LogP contribution is -2.32. The van der Waals surface area contributed by atoms with Gasteiger partial charge in [-0.2, -0.15) is 12.7 Å². The van der Waals surface area contributed by atoms with Gasteiger partial charge in [-0.05, 0) is 18.2 Å². The van der Waals surface area contributed by atoms with Crippen molar-refractivity contribution in [2.45, 2.75) is 26.7 Å². The molecule has 11 heteroatoms. The molecule has 0 aliphatic heterocycles. The van der Waals surface area contributed by atoms with Gasteiger partial charge in [0.1, 0.15) is 11.5 Å². The number of anilines is 1. The standard InChI is InChI=1S/C24H25FN6O3S/c1-5-31(4)35(33,34)30-20-8-6-7-17(21(20)25)22(32)19-13-29-24-18(19)9-15(10-28-24)16-11-26-23(14(2)3)27-12-16/h6-14,30H,5H2,1-4H3,(H,28,29). The Labute approximate surface area is 202 Å². The van der Waals surface area contributed by atoms with Gasteiger partial charge in [-0.3, -0.25) is 9.52 Å². The van der Waals surface area contributed by atoms with Gasteiger partial charge in [0, 0.05) is 66.4 Å². The van der Waals surface area contributed by atoms with E-state index in [-0.39, 0.29) is 29.3 Å². The van der Waals surface area contributed by atoms with E-state index in [1.54, 1.807) is 31.6 Å². The van der Waals surface area contributed by atoms with Crippen LogP contribution >= 0.6 is 0 Å². The van der Waals surface area contributed by atoms with Crippen LogP contribution in [0.3, 0.4) is 0 Å². The quantitative estimate of drug-likeness (QED) is 0.354. The first-order chi connectivity index (χ1) is 16.6. The Balaban J connectivity index is 1.71. The molecule has 1 aromatic carbocycles. The van der Waals surface area contributed by atoms with Crippen LogP contribution in [-0.2, 0) is 10.2 Å². The Hall–Kier alpha value is -3.70. The first-order valence-electron chi connectivity index (χ1n) is 11.0. The Morgan fingerprint density at radius 1 is 1.11 bits per heavy atom. The lowest BCUT2D eigenvalue weighted by molar-refractivity contribution is 0.103. The number of halogens is 1. The fourth-order valence-electron chi connectivity index (χ4n) is 3.45. The SMILES string of the molecule is CCN(C)S(=O)(=O)Nc1cccc(C(=O)c2c[nH]c3ncc(-c4cnc(C(C)C)nc4)cc23)c1F. The summed E-state index contributed by atoms with van der Waals surface area (Å²) in [6.07, 6.45) is 6.49. The normalized spacial score (nSPS) is 12.0. The number of ketones is 1. The number of carbonyl (C=O) groups is 1. The molecule has 0 atom stereocenters. The molecule has 0 unspecified atom stereocenters. The van der Waals surface area contributed by atoms with Gasteiger partial charge in [-0.15, -0.1) is 0 Å². The average molecular weight is 497 g/mol. The number of H-pyrrole nitrogens is 1. The van der Waals surface area contributed by atoms with Crippen LogP contribution in [0.15, 0.2) is 49.1 Å². The van der Waals surface area contributed by atoms with E-state index in [4.69, 9.17) is 0 Å². The molecule has 0 amide bonds. The van der Waals surface area contributed by atoms with Crippen molar-refractivity contribution in [3.8, 4) is 11.1 Å². The zero-order valence-electron chi connectivity index (χ0n) is 19.7.